The van der Waals surface area contributed by atoms with E-state index < -0.39 is 0 Å². The van der Waals surface area contributed by atoms with Gasteiger partial charge in [0.15, 0.2) is 5.82 Å². The van der Waals surface area contributed by atoms with Crippen molar-refractivity contribution in [2.24, 2.45) is 0 Å². The number of aromatic nitrogens is 5. The number of halogens is 1. The second-order valence-electron chi connectivity index (χ2n) is 8.65. The summed E-state index contributed by atoms with van der Waals surface area (Å²) in [4.78, 5) is 9.15. The van der Waals surface area contributed by atoms with E-state index in [1.54, 1.807) is 13.4 Å². The zero-order valence-electron chi connectivity index (χ0n) is 19.0. The standard InChI is InChI=1S/C26H26FN5O/c1-18-16-31(17-28-18)22-11-5-19(15-23(22)33-3)6-12-24-29-25-26(2,13-4-14-32(25)30-24)20-7-9-21(27)10-8-20/h5-12,15-17H,4,13-14H2,1-3H3. The third-order valence-corrected chi connectivity index (χ3v) is 6.33. The van der Waals surface area contributed by atoms with Gasteiger partial charge in [-0.25, -0.2) is 19.0 Å². The number of hydrogen-bond acceptors (Lipinski definition) is 4. The molecule has 0 spiro atoms. The van der Waals surface area contributed by atoms with Gasteiger partial charge in [0.05, 0.1) is 30.2 Å². The first-order valence-electron chi connectivity index (χ1n) is 11.0. The van der Waals surface area contributed by atoms with Gasteiger partial charge in [-0.2, -0.15) is 5.10 Å². The maximum absolute atomic E-state index is 13.5. The maximum atomic E-state index is 13.5. The largest absolute Gasteiger partial charge is 0.495 e. The van der Waals surface area contributed by atoms with E-state index in [-0.39, 0.29) is 11.2 Å². The minimum Gasteiger partial charge on any atom is -0.495 e. The summed E-state index contributed by atoms with van der Waals surface area (Å²) in [7, 11) is 1.66. The maximum Gasteiger partial charge on any atom is 0.174 e. The van der Waals surface area contributed by atoms with Crippen molar-refractivity contribution < 1.29 is 9.13 Å². The van der Waals surface area contributed by atoms with Gasteiger partial charge in [-0.1, -0.05) is 24.3 Å². The lowest BCUT2D eigenvalue weighted by Gasteiger charge is -2.33. The van der Waals surface area contributed by atoms with E-state index >= 15 is 0 Å². The van der Waals surface area contributed by atoms with Crippen LogP contribution in [-0.2, 0) is 12.0 Å². The number of rotatable bonds is 5. The molecule has 0 aliphatic carbocycles. The van der Waals surface area contributed by atoms with Crippen molar-refractivity contribution in [1.82, 2.24) is 24.3 Å². The van der Waals surface area contributed by atoms with Crippen LogP contribution in [0.2, 0.25) is 0 Å². The monoisotopic (exact) mass is 443 g/mol. The molecule has 0 saturated carbocycles. The molecule has 7 heteroatoms. The first-order valence-corrected chi connectivity index (χ1v) is 11.0. The van der Waals surface area contributed by atoms with Crippen molar-refractivity contribution in [3.63, 3.8) is 0 Å². The molecule has 2 aromatic carbocycles. The van der Waals surface area contributed by atoms with Crippen LogP contribution in [0.4, 0.5) is 4.39 Å². The van der Waals surface area contributed by atoms with Crippen molar-refractivity contribution >= 4 is 12.2 Å². The highest BCUT2D eigenvalue weighted by molar-refractivity contribution is 5.69. The Kier molecular flexibility index (Phi) is 5.32. The van der Waals surface area contributed by atoms with E-state index in [0.29, 0.717) is 5.82 Å². The van der Waals surface area contributed by atoms with E-state index in [1.165, 1.54) is 12.1 Å². The molecule has 0 fully saturated rings. The summed E-state index contributed by atoms with van der Waals surface area (Å²) in [6, 6.07) is 12.8. The molecule has 6 nitrogen and oxygen atoms in total. The number of imidazole rings is 1. The lowest BCUT2D eigenvalue weighted by Crippen LogP contribution is -2.33. The Bertz CT molecular complexity index is 1320. The summed E-state index contributed by atoms with van der Waals surface area (Å²) < 4.78 is 23.0. The summed E-state index contributed by atoms with van der Waals surface area (Å²) in [5, 5.41) is 4.72. The summed E-state index contributed by atoms with van der Waals surface area (Å²) in [5.41, 5.74) is 3.63. The zero-order chi connectivity index (χ0) is 23.0. The van der Waals surface area contributed by atoms with Crippen molar-refractivity contribution in [2.45, 2.75) is 38.6 Å². The average molecular weight is 444 g/mol. The smallest absolute Gasteiger partial charge is 0.174 e. The molecular formula is C26H26FN5O. The normalized spacial score (nSPS) is 17.9. The number of hydrogen-bond donors (Lipinski definition) is 0. The molecule has 4 aromatic rings. The lowest BCUT2D eigenvalue weighted by atomic mass is 9.76. The molecule has 0 N–H and O–H groups in total. The van der Waals surface area contributed by atoms with Crippen molar-refractivity contribution in [3.05, 3.63) is 89.3 Å². The van der Waals surface area contributed by atoms with Crippen LogP contribution in [0.1, 0.15) is 48.2 Å². The van der Waals surface area contributed by atoms with Crippen molar-refractivity contribution in [3.8, 4) is 11.4 Å². The molecule has 33 heavy (non-hydrogen) atoms. The highest BCUT2D eigenvalue weighted by Crippen LogP contribution is 2.38. The molecular weight excluding hydrogens is 417 g/mol. The van der Waals surface area contributed by atoms with Gasteiger partial charge in [0.25, 0.3) is 0 Å². The lowest BCUT2D eigenvalue weighted by molar-refractivity contribution is 0.357. The Morgan fingerprint density at radius 2 is 1.94 bits per heavy atom. The molecule has 1 aliphatic rings. The van der Waals surface area contributed by atoms with Gasteiger partial charge >= 0.3 is 0 Å². The Balaban J connectivity index is 1.43. The van der Waals surface area contributed by atoms with Crippen LogP contribution < -0.4 is 4.74 Å². The summed E-state index contributed by atoms with van der Waals surface area (Å²) in [6.07, 6.45) is 9.60. The van der Waals surface area contributed by atoms with Crippen LogP contribution in [0.3, 0.4) is 0 Å². The van der Waals surface area contributed by atoms with Gasteiger partial charge in [0, 0.05) is 12.7 Å². The fourth-order valence-electron chi connectivity index (χ4n) is 4.51. The summed E-state index contributed by atoms with van der Waals surface area (Å²) in [5.74, 6) is 2.11. The SMILES string of the molecule is COc1cc(C=Cc2nc3n(n2)CCCC3(C)c2ccc(F)cc2)ccc1-n1cnc(C)c1. The minimum absolute atomic E-state index is 0.229. The van der Waals surface area contributed by atoms with Gasteiger partial charge in [0.2, 0.25) is 0 Å². The molecule has 1 atom stereocenters. The van der Waals surface area contributed by atoms with E-state index in [1.807, 2.05) is 64.9 Å². The molecule has 0 amide bonds. The van der Waals surface area contributed by atoms with Gasteiger partial charge in [0.1, 0.15) is 17.4 Å². The van der Waals surface area contributed by atoms with E-state index in [2.05, 4.69) is 11.9 Å². The van der Waals surface area contributed by atoms with E-state index in [4.69, 9.17) is 14.8 Å². The molecule has 5 rings (SSSR count). The predicted molar refractivity (Wildman–Crippen MR) is 126 cm³/mol. The molecule has 0 radical (unpaired) electrons. The molecule has 3 heterocycles. The zero-order valence-corrected chi connectivity index (χ0v) is 19.0. The first kappa shape index (κ1) is 21.1. The van der Waals surface area contributed by atoms with Crippen LogP contribution in [-0.4, -0.2) is 31.4 Å². The van der Waals surface area contributed by atoms with Crippen LogP contribution >= 0.6 is 0 Å². The van der Waals surface area contributed by atoms with Crippen LogP contribution in [0.25, 0.3) is 17.8 Å². The van der Waals surface area contributed by atoms with Gasteiger partial charge in [-0.15, -0.1) is 0 Å². The molecule has 2 aromatic heterocycles. The number of nitrogens with zero attached hydrogens (tertiary/aromatic N) is 5. The third-order valence-electron chi connectivity index (χ3n) is 6.33. The number of fused-ring (bicyclic) bond motifs is 1. The quantitative estimate of drug-likeness (QED) is 0.426. The highest BCUT2D eigenvalue weighted by Gasteiger charge is 2.37. The summed E-state index contributed by atoms with van der Waals surface area (Å²) in [6.45, 7) is 4.95. The molecule has 168 valence electrons. The molecule has 0 saturated heterocycles. The fraction of sp³-hybridized carbons (Fsp3) is 0.269. The minimum atomic E-state index is -0.293. The second-order valence-corrected chi connectivity index (χ2v) is 8.65. The molecule has 1 unspecified atom stereocenters. The second kappa shape index (κ2) is 8.31. The number of aryl methyl sites for hydroxylation is 2. The molecule has 1 aliphatic heterocycles. The molecule has 0 bridgehead atoms. The number of benzene rings is 2. The average Bonchev–Trinajstić information content (AvgIpc) is 3.45. The number of ether oxygens (including phenoxy) is 1. The number of methoxy groups -OCH3 is 1. The van der Waals surface area contributed by atoms with Crippen LogP contribution in [0, 0.1) is 12.7 Å². The third kappa shape index (κ3) is 3.95. The fourth-order valence-corrected chi connectivity index (χ4v) is 4.51. The summed E-state index contributed by atoms with van der Waals surface area (Å²) >= 11 is 0. The van der Waals surface area contributed by atoms with Crippen LogP contribution in [0.5, 0.6) is 5.75 Å². The topological polar surface area (TPSA) is 57.8 Å². The first-order chi connectivity index (χ1) is 16.0. The van der Waals surface area contributed by atoms with Gasteiger partial charge < -0.3 is 9.30 Å². The van der Waals surface area contributed by atoms with Crippen LogP contribution in [0.15, 0.2) is 55.0 Å². The van der Waals surface area contributed by atoms with Crippen molar-refractivity contribution in [1.29, 1.82) is 0 Å². The van der Waals surface area contributed by atoms with E-state index in [9.17, 15) is 4.39 Å². The predicted octanol–water partition coefficient (Wildman–Crippen LogP) is 5.19. The van der Waals surface area contributed by atoms with Gasteiger partial charge in [-0.05, 0) is 68.2 Å². The van der Waals surface area contributed by atoms with E-state index in [0.717, 1.165) is 53.5 Å². The Hall–Kier alpha value is -3.74. The van der Waals surface area contributed by atoms with Crippen molar-refractivity contribution in [2.75, 3.05) is 7.11 Å². The van der Waals surface area contributed by atoms with Gasteiger partial charge in [-0.3, -0.25) is 0 Å². The highest BCUT2D eigenvalue weighted by atomic mass is 19.1. The Morgan fingerprint density at radius 1 is 1.12 bits per heavy atom. The Morgan fingerprint density at radius 3 is 2.67 bits per heavy atom. The Labute approximate surface area is 192 Å².